The minimum Gasteiger partial charge on any atom is -0.477 e. The molecule has 5 heteroatoms. The fourth-order valence-electron chi connectivity index (χ4n) is 0.994. The van der Waals surface area contributed by atoms with Crippen molar-refractivity contribution in [3.8, 4) is 0 Å². The van der Waals surface area contributed by atoms with Gasteiger partial charge in [-0.1, -0.05) is 24.3 Å². The molecule has 0 bridgehead atoms. The maximum atomic E-state index is 10.8. The van der Waals surface area contributed by atoms with Gasteiger partial charge in [-0.05, 0) is 6.42 Å². The number of hydrogen-bond acceptors (Lipinski definition) is 4. The van der Waals surface area contributed by atoms with Crippen molar-refractivity contribution in [2.24, 2.45) is 0 Å². The van der Waals surface area contributed by atoms with Gasteiger partial charge in [-0.2, -0.15) is 0 Å². The van der Waals surface area contributed by atoms with Gasteiger partial charge in [0.1, 0.15) is 4.88 Å². The highest BCUT2D eigenvalue weighted by atomic mass is 32.1. The topological polar surface area (TPSA) is 62.2 Å². The van der Waals surface area contributed by atoms with Crippen LogP contribution in [0.2, 0.25) is 0 Å². The van der Waals surface area contributed by atoms with Crippen molar-refractivity contribution in [1.82, 2.24) is 4.98 Å². The van der Waals surface area contributed by atoms with Crippen LogP contribution in [-0.4, -0.2) is 22.6 Å². The van der Waals surface area contributed by atoms with Crippen LogP contribution in [0, 0.1) is 0 Å². The van der Waals surface area contributed by atoms with Crippen molar-refractivity contribution in [3.63, 3.8) is 0 Å². The molecule has 0 aromatic carbocycles. The third-order valence-corrected chi connectivity index (χ3v) is 2.67. The van der Waals surface area contributed by atoms with Crippen molar-refractivity contribution < 1.29 is 9.90 Å². The molecule has 1 heterocycles. The van der Waals surface area contributed by atoms with Gasteiger partial charge < -0.3 is 10.4 Å². The van der Waals surface area contributed by atoms with Gasteiger partial charge >= 0.3 is 5.97 Å². The summed E-state index contributed by atoms with van der Waals surface area (Å²) in [5, 5.41) is 12.5. The number of aromatic carboxylic acids is 1. The standard InChI is InChI=1S/C9H12N2O2S/c1-3-5-10-9-11-6(4-2)7(14-9)8(12)13/h3H,1,4-5H2,2H3,(H,10,11)(H,12,13). The molecule has 76 valence electrons. The molecule has 0 radical (unpaired) electrons. The van der Waals surface area contributed by atoms with Gasteiger partial charge in [-0.15, -0.1) is 6.58 Å². The van der Waals surface area contributed by atoms with Crippen LogP contribution in [-0.2, 0) is 6.42 Å². The van der Waals surface area contributed by atoms with Crippen molar-refractivity contribution in [2.45, 2.75) is 13.3 Å². The normalized spacial score (nSPS) is 9.79. The number of thiazole rings is 1. The Morgan fingerprint density at radius 1 is 1.79 bits per heavy atom. The highest BCUT2D eigenvalue weighted by Crippen LogP contribution is 2.23. The molecule has 0 saturated heterocycles. The van der Waals surface area contributed by atoms with Crippen LogP contribution < -0.4 is 5.32 Å². The number of anilines is 1. The van der Waals surface area contributed by atoms with Crippen molar-refractivity contribution in [1.29, 1.82) is 0 Å². The first-order valence-corrected chi connectivity index (χ1v) is 5.08. The van der Waals surface area contributed by atoms with E-state index in [1.165, 1.54) is 0 Å². The van der Waals surface area contributed by atoms with Crippen LogP contribution in [0.5, 0.6) is 0 Å². The summed E-state index contributed by atoms with van der Waals surface area (Å²) in [5.41, 5.74) is 0.633. The van der Waals surface area contributed by atoms with Crippen LogP contribution in [0.1, 0.15) is 22.3 Å². The highest BCUT2D eigenvalue weighted by molar-refractivity contribution is 7.17. The zero-order valence-electron chi connectivity index (χ0n) is 7.91. The number of carboxylic acids is 1. The largest absolute Gasteiger partial charge is 0.477 e. The third-order valence-electron chi connectivity index (χ3n) is 1.62. The number of nitrogens with zero attached hydrogens (tertiary/aromatic N) is 1. The summed E-state index contributed by atoms with van der Waals surface area (Å²) in [6.07, 6.45) is 2.33. The average Bonchev–Trinajstić information content (AvgIpc) is 2.57. The molecule has 0 saturated carbocycles. The van der Waals surface area contributed by atoms with Crippen LogP contribution in [0.3, 0.4) is 0 Å². The Morgan fingerprint density at radius 2 is 2.50 bits per heavy atom. The molecule has 14 heavy (non-hydrogen) atoms. The molecule has 2 N–H and O–H groups in total. The Kier molecular flexibility index (Phi) is 3.64. The monoisotopic (exact) mass is 212 g/mol. The first kappa shape index (κ1) is 10.7. The van der Waals surface area contributed by atoms with Gasteiger partial charge in [0.2, 0.25) is 0 Å². The second-order valence-electron chi connectivity index (χ2n) is 2.62. The Balaban J connectivity index is 2.88. The molecule has 0 fully saturated rings. The Labute approximate surface area is 86.3 Å². The van der Waals surface area contributed by atoms with E-state index in [9.17, 15) is 4.79 Å². The first-order valence-electron chi connectivity index (χ1n) is 4.26. The second-order valence-corrected chi connectivity index (χ2v) is 3.62. The number of aryl methyl sites for hydroxylation is 1. The van der Waals surface area contributed by atoms with Crippen LogP contribution in [0.15, 0.2) is 12.7 Å². The van der Waals surface area contributed by atoms with E-state index in [2.05, 4.69) is 16.9 Å². The summed E-state index contributed by atoms with van der Waals surface area (Å²) in [6.45, 7) is 6.04. The minimum atomic E-state index is -0.911. The molecule has 1 aromatic rings. The molecule has 0 aliphatic heterocycles. The van der Waals surface area contributed by atoms with Crippen LogP contribution in [0.25, 0.3) is 0 Å². The maximum Gasteiger partial charge on any atom is 0.347 e. The van der Waals surface area contributed by atoms with E-state index in [1.54, 1.807) is 6.08 Å². The predicted molar refractivity (Wildman–Crippen MR) is 57.1 cm³/mol. The van der Waals surface area contributed by atoms with Gasteiger partial charge in [0, 0.05) is 6.54 Å². The first-order chi connectivity index (χ1) is 6.69. The summed E-state index contributed by atoms with van der Waals surface area (Å²) in [5.74, 6) is -0.911. The van der Waals surface area contributed by atoms with Gasteiger partial charge in [0.15, 0.2) is 5.13 Å². The van der Waals surface area contributed by atoms with Gasteiger partial charge in [0.25, 0.3) is 0 Å². The Hall–Kier alpha value is -1.36. The molecule has 4 nitrogen and oxygen atoms in total. The number of hydrogen-bond donors (Lipinski definition) is 2. The minimum absolute atomic E-state index is 0.319. The van der Waals surface area contributed by atoms with Crippen molar-refractivity contribution in [2.75, 3.05) is 11.9 Å². The predicted octanol–water partition coefficient (Wildman–Crippen LogP) is 2.00. The lowest BCUT2D eigenvalue weighted by molar-refractivity contribution is 0.0701. The summed E-state index contributed by atoms with van der Waals surface area (Å²) < 4.78 is 0. The van der Waals surface area contributed by atoms with Crippen molar-refractivity contribution in [3.05, 3.63) is 23.2 Å². The number of carbonyl (C=O) groups is 1. The molecule has 0 aliphatic carbocycles. The van der Waals surface area contributed by atoms with Gasteiger partial charge in [0.05, 0.1) is 5.69 Å². The summed E-state index contributed by atoms with van der Waals surface area (Å²) in [6, 6.07) is 0. The fraction of sp³-hybridized carbons (Fsp3) is 0.333. The van der Waals surface area contributed by atoms with Gasteiger partial charge in [-0.25, -0.2) is 9.78 Å². The molecular formula is C9H12N2O2S. The molecule has 1 rings (SSSR count). The lowest BCUT2D eigenvalue weighted by atomic mass is 10.3. The molecule has 0 aliphatic rings. The van der Waals surface area contributed by atoms with E-state index < -0.39 is 5.97 Å². The fourth-order valence-corrected chi connectivity index (χ4v) is 1.89. The summed E-state index contributed by atoms with van der Waals surface area (Å²) >= 11 is 1.16. The molecule has 0 amide bonds. The summed E-state index contributed by atoms with van der Waals surface area (Å²) in [7, 11) is 0. The lowest BCUT2D eigenvalue weighted by Gasteiger charge is -1.94. The van der Waals surface area contributed by atoms with Crippen molar-refractivity contribution >= 4 is 22.4 Å². The summed E-state index contributed by atoms with van der Waals surface area (Å²) in [4.78, 5) is 15.3. The number of nitrogens with one attached hydrogen (secondary N) is 1. The molecule has 0 atom stereocenters. The van der Waals surface area contributed by atoms with E-state index in [4.69, 9.17) is 5.11 Å². The molecule has 0 unspecified atom stereocenters. The zero-order valence-corrected chi connectivity index (χ0v) is 8.73. The number of rotatable bonds is 5. The van der Waals surface area contributed by atoms with E-state index in [-0.39, 0.29) is 0 Å². The Morgan fingerprint density at radius 3 is 2.93 bits per heavy atom. The number of aromatic nitrogens is 1. The van der Waals surface area contributed by atoms with E-state index >= 15 is 0 Å². The zero-order chi connectivity index (χ0) is 10.6. The third kappa shape index (κ3) is 2.32. The second kappa shape index (κ2) is 4.76. The van der Waals surface area contributed by atoms with Gasteiger partial charge in [-0.3, -0.25) is 0 Å². The maximum absolute atomic E-state index is 10.8. The molecule has 0 spiro atoms. The quantitative estimate of drug-likeness (QED) is 0.733. The highest BCUT2D eigenvalue weighted by Gasteiger charge is 2.15. The van der Waals surface area contributed by atoms with E-state index in [0.29, 0.717) is 28.7 Å². The average molecular weight is 212 g/mol. The molecular weight excluding hydrogens is 200 g/mol. The number of carboxylic acid groups (broad SMARTS) is 1. The van der Waals surface area contributed by atoms with Crippen LogP contribution in [0.4, 0.5) is 5.13 Å². The van der Waals surface area contributed by atoms with E-state index in [1.807, 2.05) is 6.92 Å². The SMILES string of the molecule is C=CCNc1nc(CC)c(C(=O)O)s1. The smallest absolute Gasteiger partial charge is 0.347 e. The Bertz CT molecular complexity index is 347. The van der Waals surface area contributed by atoms with E-state index in [0.717, 1.165) is 11.3 Å². The molecule has 1 aromatic heterocycles. The van der Waals surface area contributed by atoms with Crippen LogP contribution >= 0.6 is 11.3 Å². The lowest BCUT2D eigenvalue weighted by Crippen LogP contribution is -1.98.